The summed E-state index contributed by atoms with van der Waals surface area (Å²) in [4.78, 5) is 28.8. The van der Waals surface area contributed by atoms with E-state index in [1.807, 2.05) is 17.5 Å². The Morgan fingerprint density at radius 2 is 1.79 bits per heavy atom. The number of carbonyl (C=O) groups is 2. The third-order valence-corrected chi connectivity index (χ3v) is 6.38. The van der Waals surface area contributed by atoms with E-state index in [-0.39, 0.29) is 17.9 Å². The van der Waals surface area contributed by atoms with E-state index in [1.165, 1.54) is 37.6 Å². The molecule has 1 N–H and O–H groups in total. The number of aliphatic hydroxyl groups excluding tert-OH is 1. The molecule has 1 unspecified atom stereocenters. The van der Waals surface area contributed by atoms with Crippen molar-refractivity contribution < 1.29 is 28.9 Å². The van der Waals surface area contributed by atoms with Crippen LogP contribution in [0.2, 0.25) is 0 Å². The SMILES string of the molecule is COc1cccc(/C(O)=C2\C(=O)C(=O)N(Cc3cccs3)C2c2cccc(OC)c2OC)c1. The van der Waals surface area contributed by atoms with Crippen LogP contribution in [0.5, 0.6) is 17.2 Å². The lowest BCUT2D eigenvalue weighted by molar-refractivity contribution is -0.140. The van der Waals surface area contributed by atoms with E-state index >= 15 is 0 Å². The summed E-state index contributed by atoms with van der Waals surface area (Å²) in [6, 6.07) is 14.9. The minimum absolute atomic E-state index is 0.0173. The number of rotatable bonds is 7. The van der Waals surface area contributed by atoms with Crippen molar-refractivity contribution in [2.75, 3.05) is 21.3 Å². The third-order valence-electron chi connectivity index (χ3n) is 5.52. The van der Waals surface area contributed by atoms with E-state index in [1.54, 1.807) is 42.5 Å². The molecular formula is C25H23NO6S. The highest BCUT2D eigenvalue weighted by Crippen LogP contribution is 2.46. The molecule has 3 aromatic rings. The predicted molar refractivity (Wildman–Crippen MR) is 125 cm³/mol. The van der Waals surface area contributed by atoms with Gasteiger partial charge < -0.3 is 24.2 Å². The van der Waals surface area contributed by atoms with Gasteiger partial charge in [0.1, 0.15) is 11.5 Å². The Balaban J connectivity index is 1.94. The van der Waals surface area contributed by atoms with Gasteiger partial charge in [0.05, 0.1) is 39.5 Å². The number of amides is 1. The molecule has 0 bridgehead atoms. The zero-order chi connectivity index (χ0) is 23.5. The smallest absolute Gasteiger partial charge is 0.295 e. The van der Waals surface area contributed by atoms with Crippen molar-refractivity contribution in [2.45, 2.75) is 12.6 Å². The number of benzene rings is 2. The second-order valence-corrected chi connectivity index (χ2v) is 8.35. The van der Waals surface area contributed by atoms with Gasteiger partial charge >= 0.3 is 0 Å². The second kappa shape index (κ2) is 9.38. The summed E-state index contributed by atoms with van der Waals surface area (Å²) in [5.74, 6) is -0.375. The van der Waals surface area contributed by atoms with Crippen molar-refractivity contribution in [3.05, 3.63) is 81.6 Å². The normalized spacial score (nSPS) is 17.3. The minimum Gasteiger partial charge on any atom is -0.507 e. The molecule has 1 atom stereocenters. The molecule has 33 heavy (non-hydrogen) atoms. The van der Waals surface area contributed by atoms with Crippen LogP contribution in [-0.2, 0) is 16.1 Å². The Morgan fingerprint density at radius 1 is 1.00 bits per heavy atom. The fourth-order valence-corrected chi connectivity index (χ4v) is 4.69. The van der Waals surface area contributed by atoms with Gasteiger partial charge in [0.25, 0.3) is 11.7 Å². The van der Waals surface area contributed by atoms with Gasteiger partial charge in [-0.1, -0.05) is 30.3 Å². The molecule has 170 valence electrons. The largest absolute Gasteiger partial charge is 0.507 e. The first kappa shape index (κ1) is 22.4. The van der Waals surface area contributed by atoms with Crippen molar-refractivity contribution in [3.63, 3.8) is 0 Å². The van der Waals surface area contributed by atoms with Gasteiger partial charge in [0.2, 0.25) is 0 Å². The Morgan fingerprint density at radius 3 is 2.45 bits per heavy atom. The monoisotopic (exact) mass is 465 g/mol. The highest BCUT2D eigenvalue weighted by Gasteiger charge is 2.47. The first-order valence-corrected chi connectivity index (χ1v) is 11.0. The van der Waals surface area contributed by atoms with E-state index in [4.69, 9.17) is 14.2 Å². The number of carbonyl (C=O) groups excluding carboxylic acids is 2. The minimum atomic E-state index is -0.872. The summed E-state index contributed by atoms with van der Waals surface area (Å²) in [6.07, 6.45) is 0. The molecule has 1 fully saturated rings. The van der Waals surface area contributed by atoms with Crippen molar-refractivity contribution >= 4 is 28.8 Å². The molecule has 1 aromatic heterocycles. The molecule has 2 heterocycles. The standard InChI is InChI=1S/C25H23NO6S/c1-30-16-8-4-7-15(13-16)22(27)20-21(18-10-5-11-19(31-2)24(18)32-3)26(25(29)23(20)28)14-17-9-6-12-33-17/h4-13,21,27H,14H2,1-3H3/b22-20+. The maximum atomic E-state index is 13.2. The summed E-state index contributed by atoms with van der Waals surface area (Å²) in [5.41, 5.74) is 0.892. The molecule has 2 aromatic carbocycles. The van der Waals surface area contributed by atoms with Crippen LogP contribution in [0.3, 0.4) is 0 Å². The van der Waals surface area contributed by atoms with Crippen molar-refractivity contribution in [2.24, 2.45) is 0 Å². The molecule has 8 heteroatoms. The summed E-state index contributed by atoms with van der Waals surface area (Å²) in [5, 5.41) is 13.2. The molecule has 1 saturated heterocycles. The average Bonchev–Trinajstić information content (AvgIpc) is 3.45. The summed E-state index contributed by atoms with van der Waals surface area (Å²) < 4.78 is 16.3. The lowest BCUT2D eigenvalue weighted by atomic mass is 9.94. The highest BCUT2D eigenvalue weighted by atomic mass is 32.1. The van der Waals surface area contributed by atoms with Gasteiger partial charge in [0, 0.05) is 16.0 Å². The molecule has 4 rings (SSSR count). The molecule has 1 aliphatic rings. The Labute approximate surface area is 195 Å². The summed E-state index contributed by atoms with van der Waals surface area (Å²) >= 11 is 1.48. The number of para-hydroxylation sites is 1. The number of aliphatic hydroxyl groups is 1. The Bertz CT molecular complexity index is 1220. The molecule has 7 nitrogen and oxygen atoms in total. The number of Topliss-reactive ketones (excluding diaryl/α,β-unsaturated/α-hetero) is 1. The third kappa shape index (κ3) is 4.05. The zero-order valence-corrected chi connectivity index (χ0v) is 19.2. The lowest BCUT2D eigenvalue weighted by Gasteiger charge is -2.26. The second-order valence-electron chi connectivity index (χ2n) is 7.32. The van der Waals surface area contributed by atoms with Gasteiger partial charge in [0.15, 0.2) is 11.5 Å². The van der Waals surface area contributed by atoms with Crippen LogP contribution in [0.4, 0.5) is 0 Å². The van der Waals surface area contributed by atoms with E-state index in [2.05, 4.69) is 0 Å². The maximum Gasteiger partial charge on any atom is 0.295 e. The molecule has 1 aliphatic heterocycles. The zero-order valence-electron chi connectivity index (χ0n) is 18.4. The molecule has 0 saturated carbocycles. The number of thiophene rings is 1. The average molecular weight is 466 g/mol. The predicted octanol–water partition coefficient (Wildman–Crippen LogP) is 4.40. The van der Waals surface area contributed by atoms with Gasteiger partial charge in [-0.25, -0.2) is 0 Å². The fourth-order valence-electron chi connectivity index (χ4n) is 3.99. The van der Waals surface area contributed by atoms with Crippen LogP contribution >= 0.6 is 11.3 Å². The molecule has 0 spiro atoms. The van der Waals surface area contributed by atoms with Crippen LogP contribution in [0.15, 0.2) is 65.6 Å². The molecule has 1 amide bonds. The lowest BCUT2D eigenvalue weighted by Crippen LogP contribution is -2.29. The Hall–Kier alpha value is -3.78. The summed E-state index contributed by atoms with van der Waals surface area (Å²) in [7, 11) is 4.52. The highest BCUT2D eigenvalue weighted by molar-refractivity contribution is 7.09. The number of ether oxygens (including phenoxy) is 3. The first-order chi connectivity index (χ1) is 16.0. The molecule has 0 radical (unpaired) electrons. The van der Waals surface area contributed by atoms with Crippen LogP contribution < -0.4 is 14.2 Å². The Kier molecular flexibility index (Phi) is 6.37. The summed E-state index contributed by atoms with van der Waals surface area (Å²) in [6.45, 7) is 0.210. The van der Waals surface area contributed by atoms with E-state index in [0.29, 0.717) is 28.4 Å². The van der Waals surface area contributed by atoms with E-state index < -0.39 is 17.7 Å². The van der Waals surface area contributed by atoms with E-state index in [0.717, 1.165) is 4.88 Å². The van der Waals surface area contributed by atoms with Crippen LogP contribution in [0, 0.1) is 0 Å². The maximum absolute atomic E-state index is 13.2. The van der Waals surface area contributed by atoms with Crippen molar-refractivity contribution in [1.29, 1.82) is 0 Å². The van der Waals surface area contributed by atoms with Gasteiger partial charge in [-0.2, -0.15) is 0 Å². The van der Waals surface area contributed by atoms with Crippen molar-refractivity contribution in [3.8, 4) is 17.2 Å². The molecular weight excluding hydrogens is 442 g/mol. The first-order valence-electron chi connectivity index (χ1n) is 10.2. The quantitative estimate of drug-likeness (QED) is 0.316. The van der Waals surface area contributed by atoms with Crippen molar-refractivity contribution in [1.82, 2.24) is 4.90 Å². The topological polar surface area (TPSA) is 85.3 Å². The van der Waals surface area contributed by atoms with Gasteiger partial charge in [-0.15, -0.1) is 11.3 Å². The number of methoxy groups -OCH3 is 3. The van der Waals surface area contributed by atoms with Gasteiger partial charge in [-0.05, 0) is 29.6 Å². The number of hydrogen-bond acceptors (Lipinski definition) is 7. The number of ketones is 1. The fraction of sp³-hybridized carbons (Fsp3) is 0.200. The van der Waals surface area contributed by atoms with E-state index in [9.17, 15) is 14.7 Å². The number of likely N-dealkylation sites (tertiary alicyclic amines) is 1. The van der Waals surface area contributed by atoms with Crippen LogP contribution in [0.25, 0.3) is 5.76 Å². The van der Waals surface area contributed by atoms with Gasteiger partial charge in [-0.3, -0.25) is 9.59 Å². The number of nitrogens with zero attached hydrogens (tertiary/aromatic N) is 1. The number of hydrogen-bond donors (Lipinski definition) is 1. The molecule has 0 aliphatic carbocycles. The van der Waals surface area contributed by atoms with Crippen LogP contribution in [-0.4, -0.2) is 43.0 Å². The van der Waals surface area contributed by atoms with Crippen LogP contribution in [0.1, 0.15) is 22.0 Å².